The van der Waals surface area contributed by atoms with Gasteiger partial charge in [0, 0.05) is 34.2 Å². The molecular weight excluding hydrogens is 240 g/mol. The Morgan fingerprint density at radius 2 is 1.68 bits per heavy atom. The van der Waals surface area contributed by atoms with Gasteiger partial charge in [0.25, 0.3) is 0 Å². The van der Waals surface area contributed by atoms with E-state index in [1.807, 2.05) is 33.0 Å². The minimum atomic E-state index is 0.618. The van der Waals surface area contributed by atoms with Crippen molar-refractivity contribution in [3.63, 3.8) is 0 Å². The van der Waals surface area contributed by atoms with Crippen LogP contribution in [0.15, 0.2) is 0 Å². The monoisotopic (exact) mass is 266 g/mol. The van der Waals surface area contributed by atoms with E-state index < -0.39 is 0 Å². The lowest BCUT2D eigenvalue weighted by Gasteiger charge is -2.22. The molecule has 0 saturated heterocycles. The third-order valence-electron chi connectivity index (χ3n) is 2.97. The maximum Gasteiger partial charge on any atom is 0.231 e. The van der Waals surface area contributed by atoms with Crippen LogP contribution in [0, 0.1) is 5.92 Å². The maximum atomic E-state index is 4.49. The first-order chi connectivity index (χ1) is 8.97. The largest absolute Gasteiger partial charge is 0.354 e. The Bertz CT molecular complexity index is 393. The van der Waals surface area contributed by atoms with Crippen LogP contribution < -0.4 is 15.1 Å². The van der Waals surface area contributed by atoms with Crippen molar-refractivity contribution in [2.45, 2.75) is 27.2 Å². The predicted octanol–water partition coefficient (Wildman–Crippen LogP) is 1.85. The fourth-order valence-electron chi connectivity index (χ4n) is 1.64. The predicted molar refractivity (Wildman–Crippen MR) is 81.0 cm³/mol. The third-order valence-corrected chi connectivity index (χ3v) is 2.97. The molecule has 19 heavy (non-hydrogen) atoms. The molecule has 0 spiro atoms. The zero-order chi connectivity index (χ0) is 14.4. The van der Waals surface area contributed by atoms with Crippen molar-refractivity contribution in [2.24, 2.45) is 5.92 Å². The van der Waals surface area contributed by atoms with Crippen LogP contribution in [0.25, 0.3) is 0 Å². The minimum absolute atomic E-state index is 0.618. The zero-order valence-corrected chi connectivity index (χ0v) is 12.9. The topological polar surface area (TPSA) is 57.2 Å². The van der Waals surface area contributed by atoms with E-state index in [1.165, 1.54) is 0 Å². The Morgan fingerprint density at radius 3 is 2.21 bits per heavy atom. The zero-order valence-electron chi connectivity index (χ0n) is 12.9. The molecule has 6 nitrogen and oxygen atoms in total. The fourth-order valence-corrected chi connectivity index (χ4v) is 1.64. The molecule has 1 aromatic rings. The number of hydrogen-bond donors (Lipinski definition) is 1. The molecule has 108 valence electrons. The van der Waals surface area contributed by atoms with Crippen molar-refractivity contribution < 1.29 is 0 Å². The molecule has 1 heterocycles. The fraction of sp³-hybridized carbons (Fsp3) is 0.769. The highest BCUT2D eigenvalue weighted by Gasteiger charge is 2.13. The normalized spacial score (nSPS) is 12.1. The molecule has 1 rings (SSSR count). The summed E-state index contributed by atoms with van der Waals surface area (Å²) in [7, 11) is 5.89. The summed E-state index contributed by atoms with van der Waals surface area (Å²) in [6, 6.07) is 0. The van der Waals surface area contributed by atoms with Gasteiger partial charge in [-0.15, -0.1) is 0 Å². The van der Waals surface area contributed by atoms with Crippen LogP contribution in [-0.4, -0.2) is 49.2 Å². The van der Waals surface area contributed by atoms with Crippen molar-refractivity contribution in [1.82, 2.24) is 15.0 Å². The Morgan fingerprint density at radius 1 is 1.05 bits per heavy atom. The van der Waals surface area contributed by atoms with E-state index in [2.05, 4.69) is 39.0 Å². The molecule has 1 aromatic heterocycles. The van der Waals surface area contributed by atoms with Crippen LogP contribution in [0.2, 0.25) is 0 Å². The molecule has 0 bridgehead atoms. The molecular formula is C13H26N6. The number of anilines is 3. The highest BCUT2D eigenvalue weighted by molar-refractivity contribution is 5.44. The summed E-state index contributed by atoms with van der Waals surface area (Å²) in [5.74, 6) is 2.64. The number of rotatable bonds is 7. The average molecular weight is 266 g/mol. The van der Waals surface area contributed by atoms with Crippen molar-refractivity contribution >= 4 is 17.8 Å². The third kappa shape index (κ3) is 4.54. The van der Waals surface area contributed by atoms with Gasteiger partial charge in [-0.2, -0.15) is 15.0 Å². The van der Waals surface area contributed by atoms with Crippen LogP contribution in [0.4, 0.5) is 17.8 Å². The van der Waals surface area contributed by atoms with E-state index in [1.54, 1.807) is 0 Å². The summed E-state index contributed by atoms with van der Waals surface area (Å²) in [6.07, 6.45) is 1.15. The van der Waals surface area contributed by atoms with Crippen molar-refractivity contribution in [3.05, 3.63) is 0 Å². The van der Waals surface area contributed by atoms with Crippen molar-refractivity contribution in [3.8, 4) is 0 Å². The van der Waals surface area contributed by atoms with E-state index in [0.717, 1.165) is 25.5 Å². The molecule has 0 radical (unpaired) electrons. The number of nitrogens with zero attached hydrogens (tertiary/aromatic N) is 5. The first-order valence-corrected chi connectivity index (χ1v) is 6.86. The van der Waals surface area contributed by atoms with Crippen LogP contribution in [0.5, 0.6) is 0 Å². The minimum Gasteiger partial charge on any atom is -0.354 e. The summed E-state index contributed by atoms with van der Waals surface area (Å²) in [4.78, 5) is 17.3. The molecule has 1 atom stereocenters. The second-order valence-electron chi connectivity index (χ2n) is 5.08. The van der Waals surface area contributed by atoms with Gasteiger partial charge < -0.3 is 15.1 Å². The molecule has 0 fully saturated rings. The Hall–Kier alpha value is -1.59. The van der Waals surface area contributed by atoms with Crippen LogP contribution in [0.1, 0.15) is 27.2 Å². The Kier molecular flexibility index (Phi) is 5.79. The summed E-state index contributed by atoms with van der Waals surface area (Å²) >= 11 is 0. The molecule has 1 N–H and O–H groups in total. The second kappa shape index (κ2) is 7.11. The smallest absolute Gasteiger partial charge is 0.231 e. The van der Waals surface area contributed by atoms with Crippen LogP contribution >= 0.6 is 0 Å². The van der Waals surface area contributed by atoms with Gasteiger partial charge >= 0.3 is 0 Å². The summed E-state index contributed by atoms with van der Waals surface area (Å²) in [6.45, 7) is 8.20. The van der Waals surface area contributed by atoms with E-state index in [0.29, 0.717) is 17.8 Å². The van der Waals surface area contributed by atoms with Gasteiger partial charge in [0.2, 0.25) is 17.8 Å². The van der Waals surface area contributed by atoms with E-state index in [4.69, 9.17) is 0 Å². The molecule has 0 aliphatic carbocycles. The standard InChI is InChI=1S/C13H26N6/c1-7-10(3)9-19(6)13-16-11(14-8-2)15-12(17-13)18(4)5/h10H,7-9H2,1-6H3,(H,14,15,16,17). The summed E-state index contributed by atoms with van der Waals surface area (Å²) in [5, 5.41) is 3.15. The van der Waals surface area contributed by atoms with Gasteiger partial charge in [-0.25, -0.2) is 0 Å². The second-order valence-corrected chi connectivity index (χ2v) is 5.08. The Labute approximate surface area is 116 Å². The highest BCUT2D eigenvalue weighted by Crippen LogP contribution is 2.15. The Balaban J connectivity index is 2.97. The molecule has 0 aliphatic heterocycles. The lowest BCUT2D eigenvalue weighted by molar-refractivity contribution is 0.555. The number of hydrogen-bond acceptors (Lipinski definition) is 6. The highest BCUT2D eigenvalue weighted by atomic mass is 15.3. The summed E-state index contributed by atoms with van der Waals surface area (Å²) < 4.78 is 0. The number of aromatic nitrogens is 3. The van der Waals surface area contributed by atoms with Gasteiger partial charge in [0.05, 0.1) is 0 Å². The SMILES string of the molecule is CCNc1nc(N(C)C)nc(N(C)CC(C)CC)n1. The van der Waals surface area contributed by atoms with Gasteiger partial charge in [-0.05, 0) is 12.8 Å². The van der Waals surface area contributed by atoms with Gasteiger partial charge in [-0.1, -0.05) is 20.3 Å². The molecule has 0 aromatic carbocycles. The lowest BCUT2D eigenvalue weighted by atomic mass is 10.1. The average Bonchev–Trinajstić information content (AvgIpc) is 2.38. The number of nitrogens with one attached hydrogen (secondary N) is 1. The van der Waals surface area contributed by atoms with Gasteiger partial charge in [-0.3, -0.25) is 0 Å². The first kappa shape index (κ1) is 15.5. The van der Waals surface area contributed by atoms with Gasteiger partial charge in [0.15, 0.2) is 0 Å². The van der Waals surface area contributed by atoms with Crippen LogP contribution in [-0.2, 0) is 0 Å². The van der Waals surface area contributed by atoms with E-state index >= 15 is 0 Å². The molecule has 0 saturated carbocycles. The van der Waals surface area contributed by atoms with Crippen molar-refractivity contribution in [1.29, 1.82) is 0 Å². The van der Waals surface area contributed by atoms with E-state index in [-0.39, 0.29) is 0 Å². The van der Waals surface area contributed by atoms with Gasteiger partial charge in [0.1, 0.15) is 0 Å². The molecule has 6 heteroatoms. The lowest BCUT2D eigenvalue weighted by Crippen LogP contribution is -2.27. The molecule has 0 amide bonds. The quantitative estimate of drug-likeness (QED) is 0.813. The maximum absolute atomic E-state index is 4.49. The van der Waals surface area contributed by atoms with Crippen LogP contribution in [0.3, 0.4) is 0 Å². The molecule has 0 aliphatic rings. The first-order valence-electron chi connectivity index (χ1n) is 6.86. The van der Waals surface area contributed by atoms with Crippen molar-refractivity contribution in [2.75, 3.05) is 49.3 Å². The van der Waals surface area contributed by atoms with E-state index in [9.17, 15) is 0 Å². The molecule has 1 unspecified atom stereocenters. The summed E-state index contributed by atoms with van der Waals surface area (Å²) in [5.41, 5.74) is 0.